The Morgan fingerprint density at radius 2 is 2.05 bits per heavy atom. The number of fused-ring (bicyclic) bond motifs is 1. The third-order valence-electron chi connectivity index (χ3n) is 6.16. The Kier molecular flexibility index (Phi) is 7.97. The molecule has 1 fully saturated rings. The molecule has 1 aliphatic heterocycles. The lowest BCUT2D eigenvalue weighted by Gasteiger charge is -2.23. The number of pyridine rings is 1. The molecule has 0 unspecified atom stereocenters. The van der Waals surface area contributed by atoms with E-state index >= 15 is 0 Å². The third kappa shape index (κ3) is 6.08. The summed E-state index contributed by atoms with van der Waals surface area (Å²) in [5.41, 5.74) is 2.83. The zero-order valence-corrected chi connectivity index (χ0v) is 20.7. The van der Waals surface area contributed by atoms with Gasteiger partial charge in [-0.2, -0.15) is 28.8 Å². The summed E-state index contributed by atoms with van der Waals surface area (Å²) < 4.78 is 33.6. The smallest absolute Gasteiger partial charge is 0.475 e. The van der Waals surface area contributed by atoms with Gasteiger partial charge in [-0.3, -0.25) is 4.68 Å². The molecule has 0 bridgehead atoms. The van der Waals surface area contributed by atoms with Gasteiger partial charge in [0.1, 0.15) is 29.0 Å². The number of hydrogen-bond acceptors (Lipinski definition) is 8. The highest BCUT2D eigenvalue weighted by Gasteiger charge is 2.38. The van der Waals surface area contributed by atoms with E-state index in [1.807, 2.05) is 35.3 Å². The van der Waals surface area contributed by atoms with Crippen LogP contribution in [0.5, 0.6) is 0 Å². The Morgan fingerprint density at radius 3 is 2.72 bits per heavy atom. The Balaban J connectivity index is 0.000000448. The van der Waals surface area contributed by atoms with Gasteiger partial charge < -0.3 is 15.0 Å². The SMILES string of the molecule is N#CC[C@@H]([C@H]1CCN(c2ccc(C#N)c(Cl)n2)C1)n1cc(-c2ncnc3[nH]ccc23)cn1.O=C(O)C(F)(F)F. The maximum Gasteiger partial charge on any atom is 0.490 e. The van der Waals surface area contributed by atoms with Gasteiger partial charge in [0.25, 0.3) is 0 Å². The van der Waals surface area contributed by atoms with E-state index in [1.54, 1.807) is 12.3 Å². The van der Waals surface area contributed by atoms with Crippen LogP contribution in [0.15, 0.2) is 43.1 Å². The van der Waals surface area contributed by atoms with Crippen molar-refractivity contribution in [3.05, 3.63) is 53.8 Å². The number of halogens is 4. The summed E-state index contributed by atoms with van der Waals surface area (Å²) in [6, 6.07) is 9.72. The first kappa shape index (κ1) is 27.3. The van der Waals surface area contributed by atoms with Crippen LogP contribution in [0.1, 0.15) is 24.4 Å². The number of carboxylic acids is 1. The van der Waals surface area contributed by atoms with E-state index in [2.05, 4.69) is 36.0 Å². The predicted molar refractivity (Wildman–Crippen MR) is 132 cm³/mol. The normalized spacial score (nSPS) is 15.7. The van der Waals surface area contributed by atoms with Crippen LogP contribution in [0.25, 0.3) is 22.3 Å². The number of hydrogen-bond donors (Lipinski definition) is 2. The third-order valence-corrected chi connectivity index (χ3v) is 6.45. The van der Waals surface area contributed by atoms with E-state index in [1.165, 1.54) is 6.33 Å². The van der Waals surface area contributed by atoms with Gasteiger partial charge in [-0.25, -0.2) is 19.7 Å². The van der Waals surface area contributed by atoms with Crippen molar-refractivity contribution in [1.82, 2.24) is 29.7 Å². The number of anilines is 1. The molecule has 5 heterocycles. The summed E-state index contributed by atoms with van der Waals surface area (Å²) in [6.45, 7) is 1.53. The van der Waals surface area contributed by atoms with E-state index in [9.17, 15) is 18.4 Å². The van der Waals surface area contributed by atoms with E-state index in [0.29, 0.717) is 12.0 Å². The highest BCUT2D eigenvalue weighted by molar-refractivity contribution is 6.30. The minimum absolute atomic E-state index is 0.0730. The van der Waals surface area contributed by atoms with Crippen molar-refractivity contribution in [1.29, 1.82) is 10.5 Å². The predicted octanol–water partition coefficient (Wildman–Crippen LogP) is 4.36. The number of nitrogens with one attached hydrogen (secondary N) is 1. The molecule has 4 aromatic heterocycles. The average molecular weight is 558 g/mol. The van der Waals surface area contributed by atoms with Crippen molar-refractivity contribution in [3.8, 4) is 23.4 Å². The lowest BCUT2D eigenvalue weighted by molar-refractivity contribution is -0.192. The van der Waals surface area contributed by atoms with Gasteiger partial charge in [-0.05, 0) is 24.6 Å². The zero-order valence-electron chi connectivity index (χ0n) is 20.0. The van der Waals surface area contributed by atoms with Gasteiger partial charge >= 0.3 is 12.1 Å². The van der Waals surface area contributed by atoms with Crippen molar-refractivity contribution in [3.63, 3.8) is 0 Å². The number of nitriles is 2. The molecule has 0 aromatic carbocycles. The van der Waals surface area contributed by atoms with Crippen LogP contribution in [0.4, 0.5) is 19.0 Å². The molecular formula is C24H19ClF3N9O2. The van der Waals surface area contributed by atoms with Gasteiger partial charge in [0.15, 0.2) is 0 Å². The molecule has 200 valence electrons. The van der Waals surface area contributed by atoms with Crippen LogP contribution in [0.2, 0.25) is 5.15 Å². The number of nitrogens with zero attached hydrogens (tertiary/aromatic N) is 8. The molecule has 11 nitrogen and oxygen atoms in total. The summed E-state index contributed by atoms with van der Waals surface area (Å²) in [6.07, 6.45) is 3.27. The van der Waals surface area contributed by atoms with Crippen molar-refractivity contribution < 1.29 is 23.1 Å². The van der Waals surface area contributed by atoms with Crippen molar-refractivity contribution in [2.45, 2.75) is 25.1 Å². The average Bonchev–Trinajstić information content (AvgIpc) is 3.68. The van der Waals surface area contributed by atoms with E-state index in [-0.39, 0.29) is 17.1 Å². The van der Waals surface area contributed by atoms with E-state index < -0.39 is 12.1 Å². The lowest BCUT2D eigenvalue weighted by atomic mass is 9.96. The minimum atomic E-state index is -5.08. The van der Waals surface area contributed by atoms with Gasteiger partial charge in [-0.1, -0.05) is 11.6 Å². The summed E-state index contributed by atoms with van der Waals surface area (Å²) in [5, 5.41) is 31.4. The van der Waals surface area contributed by atoms with Crippen molar-refractivity contribution in [2.75, 3.05) is 18.0 Å². The Hall–Kier alpha value is -4.69. The Morgan fingerprint density at radius 1 is 1.28 bits per heavy atom. The minimum Gasteiger partial charge on any atom is -0.475 e. The molecule has 2 N–H and O–H groups in total. The Bertz CT molecular complexity index is 1570. The number of rotatable bonds is 5. The summed E-state index contributed by atoms with van der Waals surface area (Å²) in [7, 11) is 0. The standard InChI is InChI=1S/C22H18ClN9.C2HF3O2/c23-21-14(9-25)1-2-19(30-21)31-8-5-15(11-31)18(3-6-24)32-12-16(10-29-32)20-17-4-7-26-22(17)28-13-27-20;3-2(4,5)1(6)7/h1-2,4,7,10,12-13,15,18H,3,5,8,11H2,(H,26,27,28);(H,6,7)/t15-,18-;/m0./s1. The molecule has 0 amide bonds. The quantitative estimate of drug-likeness (QED) is 0.340. The molecule has 1 aliphatic rings. The van der Waals surface area contributed by atoms with Crippen LogP contribution in [0.3, 0.4) is 0 Å². The van der Waals surface area contributed by atoms with Crippen LogP contribution in [-0.2, 0) is 4.79 Å². The highest BCUT2D eigenvalue weighted by Crippen LogP contribution is 2.34. The van der Waals surface area contributed by atoms with E-state index in [0.717, 1.165) is 47.6 Å². The number of aromatic nitrogens is 6. The summed E-state index contributed by atoms with van der Waals surface area (Å²) in [5.74, 6) is -1.80. The van der Waals surface area contributed by atoms with Crippen molar-refractivity contribution in [2.24, 2.45) is 5.92 Å². The number of aromatic amines is 1. The second-order valence-electron chi connectivity index (χ2n) is 8.52. The molecule has 2 atom stereocenters. The molecule has 15 heteroatoms. The first-order chi connectivity index (χ1) is 18.6. The number of alkyl halides is 3. The number of H-pyrrole nitrogens is 1. The fourth-order valence-electron chi connectivity index (χ4n) is 4.31. The summed E-state index contributed by atoms with van der Waals surface area (Å²) >= 11 is 6.12. The number of aliphatic carboxylic acids is 1. The second-order valence-corrected chi connectivity index (χ2v) is 8.88. The van der Waals surface area contributed by atoms with Gasteiger partial charge in [-0.15, -0.1) is 0 Å². The highest BCUT2D eigenvalue weighted by atomic mass is 35.5. The first-order valence-corrected chi connectivity index (χ1v) is 11.8. The molecular weight excluding hydrogens is 539 g/mol. The van der Waals surface area contributed by atoms with Gasteiger partial charge in [0.05, 0.1) is 36.0 Å². The lowest BCUT2D eigenvalue weighted by Crippen LogP contribution is -2.25. The fraction of sp³-hybridized carbons (Fsp3) is 0.292. The zero-order chi connectivity index (χ0) is 28.2. The molecule has 0 aliphatic carbocycles. The van der Waals surface area contributed by atoms with Crippen LogP contribution in [-0.4, -0.2) is 60.1 Å². The molecule has 0 saturated carbocycles. The second kappa shape index (κ2) is 11.4. The maximum absolute atomic E-state index is 10.6. The van der Waals surface area contributed by atoms with Gasteiger partial charge in [0.2, 0.25) is 0 Å². The number of carbonyl (C=O) groups is 1. The molecule has 0 radical (unpaired) electrons. The molecule has 39 heavy (non-hydrogen) atoms. The topological polar surface area (TPSA) is 160 Å². The fourth-order valence-corrected chi connectivity index (χ4v) is 4.50. The first-order valence-electron chi connectivity index (χ1n) is 11.4. The van der Waals surface area contributed by atoms with Crippen molar-refractivity contribution >= 4 is 34.4 Å². The summed E-state index contributed by atoms with van der Waals surface area (Å²) in [4.78, 5) is 27.2. The molecule has 0 spiro atoms. The van der Waals surface area contributed by atoms with Crippen LogP contribution < -0.4 is 4.90 Å². The molecule has 4 aromatic rings. The van der Waals surface area contributed by atoms with Gasteiger partial charge in [0, 0.05) is 42.4 Å². The number of carboxylic acid groups (broad SMARTS) is 1. The van der Waals surface area contributed by atoms with Crippen LogP contribution in [0, 0.1) is 28.6 Å². The van der Waals surface area contributed by atoms with Crippen LogP contribution >= 0.6 is 11.6 Å². The Labute approximate surface area is 224 Å². The largest absolute Gasteiger partial charge is 0.490 e. The monoisotopic (exact) mass is 557 g/mol. The maximum atomic E-state index is 10.6. The molecule has 5 rings (SSSR count). The van der Waals surface area contributed by atoms with E-state index in [4.69, 9.17) is 26.8 Å². The molecule has 1 saturated heterocycles.